The van der Waals surface area contributed by atoms with Gasteiger partial charge in [0.15, 0.2) is 0 Å². The highest BCUT2D eigenvalue weighted by Crippen LogP contribution is 2.32. The summed E-state index contributed by atoms with van der Waals surface area (Å²) in [7, 11) is 0. The average Bonchev–Trinajstić information content (AvgIpc) is 2.34. The molecular formula is C13H24N2O3S. The number of carbonyl (C=O) groups excluding carboxylic acids is 1. The number of carbonyl (C=O) groups is 2. The Morgan fingerprint density at radius 1 is 1.47 bits per heavy atom. The molecule has 2 unspecified atom stereocenters. The van der Waals surface area contributed by atoms with Crippen molar-refractivity contribution in [1.29, 1.82) is 0 Å². The van der Waals surface area contributed by atoms with Gasteiger partial charge in [0.2, 0.25) is 0 Å². The maximum absolute atomic E-state index is 11.8. The number of urea groups is 1. The van der Waals surface area contributed by atoms with Gasteiger partial charge in [0.1, 0.15) is 5.54 Å². The van der Waals surface area contributed by atoms with Gasteiger partial charge in [-0.05, 0) is 37.2 Å². The number of aliphatic carboxylic acids is 1. The molecule has 19 heavy (non-hydrogen) atoms. The van der Waals surface area contributed by atoms with Crippen molar-refractivity contribution >= 4 is 23.8 Å². The normalized spacial score (nSPS) is 26.7. The summed E-state index contributed by atoms with van der Waals surface area (Å²) in [4.78, 5) is 23.3. The van der Waals surface area contributed by atoms with Crippen LogP contribution < -0.4 is 10.6 Å². The molecule has 110 valence electrons. The number of hydrogen-bond donors (Lipinski definition) is 3. The number of carboxylic acids is 1. The SMILES string of the molecule is CSCCCNC(=O)NC1(C(=O)O)CCCC(C)C1. The highest BCUT2D eigenvalue weighted by atomic mass is 32.2. The second-order valence-electron chi connectivity index (χ2n) is 5.32. The summed E-state index contributed by atoms with van der Waals surface area (Å²) in [6.07, 6.45) is 5.83. The van der Waals surface area contributed by atoms with Gasteiger partial charge in [-0.15, -0.1) is 0 Å². The zero-order chi connectivity index (χ0) is 14.3. The van der Waals surface area contributed by atoms with Gasteiger partial charge in [-0.25, -0.2) is 9.59 Å². The molecule has 3 N–H and O–H groups in total. The summed E-state index contributed by atoms with van der Waals surface area (Å²) in [5, 5.41) is 14.8. The average molecular weight is 288 g/mol. The van der Waals surface area contributed by atoms with Gasteiger partial charge < -0.3 is 15.7 Å². The molecule has 0 aromatic heterocycles. The van der Waals surface area contributed by atoms with Gasteiger partial charge in [-0.1, -0.05) is 19.8 Å². The molecule has 0 saturated heterocycles. The van der Waals surface area contributed by atoms with Crippen LogP contribution in [0, 0.1) is 5.92 Å². The van der Waals surface area contributed by atoms with Gasteiger partial charge in [0, 0.05) is 6.54 Å². The second-order valence-corrected chi connectivity index (χ2v) is 6.30. The Labute approximate surface area is 118 Å². The van der Waals surface area contributed by atoms with Gasteiger partial charge in [-0.3, -0.25) is 0 Å². The van der Waals surface area contributed by atoms with Crippen LogP contribution in [-0.4, -0.2) is 41.2 Å². The molecule has 1 fully saturated rings. The topological polar surface area (TPSA) is 78.4 Å². The first-order valence-electron chi connectivity index (χ1n) is 6.78. The summed E-state index contributed by atoms with van der Waals surface area (Å²) in [5.74, 6) is 0.404. The molecule has 5 nitrogen and oxygen atoms in total. The van der Waals surface area contributed by atoms with Gasteiger partial charge >= 0.3 is 12.0 Å². The van der Waals surface area contributed by atoms with Crippen molar-refractivity contribution in [3.8, 4) is 0 Å². The molecule has 2 amide bonds. The Morgan fingerprint density at radius 3 is 2.79 bits per heavy atom. The largest absolute Gasteiger partial charge is 0.480 e. The molecule has 0 heterocycles. The Morgan fingerprint density at radius 2 is 2.21 bits per heavy atom. The van der Waals surface area contributed by atoms with Crippen LogP contribution in [0.3, 0.4) is 0 Å². The zero-order valence-electron chi connectivity index (χ0n) is 11.7. The van der Waals surface area contributed by atoms with E-state index in [1.165, 1.54) is 0 Å². The predicted molar refractivity (Wildman–Crippen MR) is 77.5 cm³/mol. The van der Waals surface area contributed by atoms with E-state index in [4.69, 9.17) is 0 Å². The number of thioether (sulfide) groups is 1. The first-order chi connectivity index (χ1) is 9.00. The van der Waals surface area contributed by atoms with Crippen LogP contribution in [0.1, 0.15) is 39.0 Å². The molecular weight excluding hydrogens is 264 g/mol. The fraction of sp³-hybridized carbons (Fsp3) is 0.846. The van der Waals surface area contributed by atoms with Crippen LogP contribution in [0.15, 0.2) is 0 Å². The summed E-state index contributed by atoms with van der Waals surface area (Å²) in [6, 6.07) is -0.363. The highest BCUT2D eigenvalue weighted by Gasteiger charge is 2.43. The number of nitrogens with one attached hydrogen (secondary N) is 2. The third kappa shape index (κ3) is 4.93. The maximum Gasteiger partial charge on any atom is 0.329 e. The van der Waals surface area contributed by atoms with Crippen molar-refractivity contribution in [1.82, 2.24) is 10.6 Å². The summed E-state index contributed by atoms with van der Waals surface area (Å²) >= 11 is 1.73. The molecule has 1 rings (SSSR count). The molecule has 0 aliphatic heterocycles. The van der Waals surface area contributed by atoms with Crippen LogP contribution in [0.4, 0.5) is 4.79 Å². The number of rotatable bonds is 6. The standard InChI is InChI=1S/C13H24N2O3S/c1-10-5-3-6-13(9-10,11(16)17)15-12(18)14-7-4-8-19-2/h10H,3-9H2,1-2H3,(H,16,17)(H2,14,15,18). The first-order valence-corrected chi connectivity index (χ1v) is 8.18. The van der Waals surface area contributed by atoms with Crippen LogP contribution >= 0.6 is 11.8 Å². The van der Waals surface area contributed by atoms with Crippen molar-refractivity contribution in [3.63, 3.8) is 0 Å². The van der Waals surface area contributed by atoms with Crippen molar-refractivity contribution < 1.29 is 14.7 Å². The smallest absolute Gasteiger partial charge is 0.329 e. The number of hydrogen-bond acceptors (Lipinski definition) is 3. The minimum atomic E-state index is -1.08. The molecule has 0 spiro atoms. The summed E-state index contributed by atoms with van der Waals surface area (Å²) in [6.45, 7) is 2.62. The lowest BCUT2D eigenvalue weighted by Crippen LogP contribution is -2.59. The van der Waals surface area contributed by atoms with Gasteiger partial charge in [0.05, 0.1) is 0 Å². The third-order valence-corrected chi connectivity index (χ3v) is 4.27. The first kappa shape index (κ1) is 16.1. The van der Waals surface area contributed by atoms with Gasteiger partial charge in [-0.2, -0.15) is 11.8 Å². The monoisotopic (exact) mass is 288 g/mol. The van der Waals surface area contributed by atoms with Crippen LogP contribution in [0.2, 0.25) is 0 Å². The van der Waals surface area contributed by atoms with Crippen LogP contribution in [-0.2, 0) is 4.79 Å². The van der Waals surface area contributed by atoms with E-state index >= 15 is 0 Å². The van der Waals surface area contributed by atoms with E-state index in [9.17, 15) is 14.7 Å². The molecule has 0 radical (unpaired) electrons. The minimum Gasteiger partial charge on any atom is -0.480 e. The van der Waals surface area contributed by atoms with E-state index < -0.39 is 11.5 Å². The van der Waals surface area contributed by atoms with Crippen molar-refractivity contribution in [2.24, 2.45) is 5.92 Å². The number of amides is 2. The van der Waals surface area contributed by atoms with E-state index in [1.807, 2.05) is 13.2 Å². The van der Waals surface area contributed by atoms with E-state index in [-0.39, 0.29) is 6.03 Å². The third-order valence-electron chi connectivity index (χ3n) is 3.57. The number of carboxylic acid groups (broad SMARTS) is 1. The Hall–Kier alpha value is -0.910. The lowest BCUT2D eigenvalue weighted by molar-refractivity contribution is -0.146. The summed E-state index contributed by atoms with van der Waals surface area (Å²) < 4.78 is 0. The molecule has 0 aromatic carbocycles. The van der Waals surface area contributed by atoms with E-state index in [2.05, 4.69) is 10.6 Å². The van der Waals surface area contributed by atoms with Crippen LogP contribution in [0.5, 0.6) is 0 Å². The van der Waals surface area contributed by atoms with Crippen molar-refractivity contribution in [2.75, 3.05) is 18.6 Å². The Kier molecular flexibility index (Phi) is 6.48. The molecule has 1 saturated carbocycles. The van der Waals surface area contributed by atoms with Crippen molar-refractivity contribution in [3.05, 3.63) is 0 Å². The Balaban J connectivity index is 2.49. The van der Waals surface area contributed by atoms with E-state index in [0.717, 1.165) is 25.0 Å². The predicted octanol–water partition coefficient (Wildman–Crippen LogP) is 2.07. The minimum absolute atomic E-state index is 0.335. The van der Waals surface area contributed by atoms with Gasteiger partial charge in [0.25, 0.3) is 0 Å². The lowest BCUT2D eigenvalue weighted by atomic mass is 9.76. The van der Waals surface area contributed by atoms with Crippen LogP contribution in [0.25, 0.3) is 0 Å². The summed E-state index contributed by atoms with van der Waals surface area (Å²) in [5.41, 5.74) is -1.08. The Bertz CT molecular complexity index is 325. The lowest BCUT2D eigenvalue weighted by Gasteiger charge is -2.37. The van der Waals surface area contributed by atoms with E-state index in [1.54, 1.807) is 11.8 Å². The molecule has 0 bridgehead atoms. The zero-order valence-corrected chi connectivity index (χ0v) is 12.5. The molecule has 1 aliphatic rings. The quantitative estimate of drug-likeness (QED) is 0.654. The van der Waals surface area contributed by atoms with Crippen molar-refractivity contribution in [2.45, 2.75) is 44.6 Å². The fourth-order valence-corrected chi connectivity index (χ4v) is 3.03. The molecule has 1 aliphatic carbocycles. The molecule has 0 aromatic rings. The fourth-order valence-electron chi connectivity index (χ4n) is 2.59. The highest BCUT2D eigenvalue weighted by molar-refractivity contribution is 7.98. The maximum atomic E-state index is 11.8. The second kappa shape index (κ2) is 7.62. The molecule has 6 heteroatoms. The van der Waals surface area contributed by atoms with E-state index in [0.29, 0.717) is 25.3 Å². The molecule has 2 atom stereocenters.